The van der Waals surface area contributed by atoms with E-state index in [1.807, 2.05) is 0 Å². The number of carbonyl (C=O) groups excluding carboxylic acids is 2. The van der Waals surface area contributed by atoms with Crippen LogP contribution in [0.2, 0.25) is 0 Å². The van der Waals surface area contributed by atoms with Crippen LogP contribution >= 0.6 is 0 Å². The molecule has 0 aromatic heterocycles. The Kier molecular flexibility index (Phi) is 5.99. The molecule has 1 aliphatic heterocycles. The Bertz CT molecular complexity index is 350. The van der Waals surface area contributed by atoms with Gasteiger partial charge in [-0.25, -0.2) is 0 Å². The van der Waals surface area contributed by atoms with Crippen molar-refractivity contribution in [3.8, 4) is 0 Å². The summed E-state index contributed by atoms with van der Waals surface area (Å²) in [6.07, 6.45) is 2.25. The number of carbonyl (C=O) groups is 2. The molecule has 1 rings (SSSR count). The first-order chi connectivity index (χ1) is 9.25. The van der Waals surface area contributed by atoms with Gasteiger partial charge in [0.05, 0.1) is 5.92 Å². The lowest BCUT2D eigenvalue weighted by Crippen LogP contribution is -2.50. The fraction of sp³-hybridized carbons (Fsp3) is 0.867. The Labute approximate surface area is 121 Å². The molecule has 2 amide bonds. The molecule has 0 aliphatic carbocycles. The highest BCUT2D eigenvalue weighted by atomic mass is 16.3. The molecule has 5 heteroatoms. The molecule has 2 N–H and O–H groups in total. The topological polar surface area (TPSA) is 69.6 Å². The first-order valence-electron chi connectivity index (χ1n) is 7.42. The van der Waals surface area contributed by atoms with Gasteiger partial charge < -0.3 is 15.3 Å². The van der Waals surface area contributed by atoms with Gasteiger partial charge in [-0.1, -0.05) is 20.8 Å². The second kappa shape index (κ2) is 7.07. The number of rotatable bonds is 4. The minimum absolute atomic E-state index is 0.00400. The highest BCUT2D eigenvalue weighted by Crippen LogP contribution is 2.23. The molecule has 0 spiro atoms. The van der Waals surface area contributed by atoms with E-state index in [-0.39, 0.29) is 35.8 Å². The van der Waals surface area contributed by atoms with Crippen LogP contribution in [0.4, 0.5) is 0 Å². The lowest BCUT2D eigenvalue weighted by molar-refractivity contribution is -0.134. The number of hydrogen-bond donors (Lipinski definition) is 2. The standard InChI is InChI=1S/C15H28N2O3/c1-11(19)17-8-5-6-12(10-17)14(20)16-13(7-9-18)15(2,3)4/h12-13,18H,5-10H2,1-4H3,(H,16,20). The summed E-state index contributed by atoms with van der Waals surface area (Å²) in [6, 6.07) is -0.0484. The quantitative estimate of drug-likeness (QED) is 0.814. The van der Waals surface area contributed by atoms with Gasteiger partial charge in [-0.05, 0) is 24.7 Å². The van der Waals surface area contributed by atoms with Crippen molar-refractivity contribution < 1.29 is 14.7 Å². The first kappa shape index (κ1) is 17.0. The molecular weight excluding hydrogens is 256 g/mol. The predicted molar refractivity (Wildman–Crippen MR) is 78.1 cm³/mol. The fourth-order valence-corrected chi connectivity index (χ4v) is 2.62. The van der Waals surface area contributed by atoms with Crippen molar-refractivity contribution in [3.63, 3.8) is 0 Å². The molecule has 1 aliphatic rings. The zero-order valence-electron chi connectivity index (χ0n) is 13.1. The summed E-state index contributed by atoms with van der Waals surface area (Å²) in [5, 5.41) is 12.2. The second-order valence-corrected chi connectivity index (χ2v) is 6.74. The molecule has 0 saturated carbocycles. The Morgan fingerprint density at radius 1 is 1.40 bits per heavy atom. The number of amides is 2. The normalized spacial score (nSPS) is 21.4. The molecule has 5 nitrogen and oxygen atoms in total. The number of aliphatic hydroxyl groups excluding tert-OH is 1. The van der Waals surface area contributed by atoms with Gasteiger partial charge in [0, 0.05) is 32.7 Å². The summed E-state index contributed by atoms with van der Waals surface area (Å²) in [4.78, 5) is 25.5. The van der Waals surface area contributed by atoms with E-state index in [2.05, 4.69) is 26.1 Å². The monoisotopic (exact) mass is 284 g/mol. The third kappa shape index (κ3) is 4.78. The molecule has 116 valence electrons. The molecule has 1 saturated heterocycles. The van der Waals surface area contributed by atoms with Gasteiger partial charge in [0.15, 0.2) is 0 Å². The van der Waals surface area contributed by atoms with E-state index in [0.717, 1.165) is 19.4 Å². The summed E-state index contributed by atoms with van der Waals surface area (Å²) >= 11 is 0. The highest BCUT2D eigenvalue weighted by Gasteiger charge is 2.31. The summed E-state index contributed by atoms with van der Waals surface area (Å²) in [5.41, 5.74) is -0.0900. The highest BCUT2D eigenvalue weighted by molar-refractivity contribution is 5.81. The molecule has 0 radical (unpaired) electrons. The van der Waals surface area contributed by atoms with E-state index < -0.39 is 0 Å². The van der Waals surface area contributed by atoms with Gasteiger partial charge >= 0.3 is 0 Å². The van der Waals surface area contributed by atoms with Crippen molar-refractivity contribution in [1.29, 1.82) is 0 Å². The molecule has 20 heavy (non-hydrogen) atoms. The van der Waals surface area contributed by atoms with Crippen LogP contribution in [0.5, 0.6) is 0 Å². The largest absolute Gasteiger partial charge is 0.396 e. The van der Waals surface area contributed by atoms with Gasteiger partial charge in [0.25, 0.3) is 0 Å². The molecule has 2 unspecified atom stereocenters. The molecule has 0 bridgehead atoms. The molecule has 0 aromatic carbocycles. The van der Waals surface area contributed by atoms with Crippen LogP contribution in [-0.2, 0) is 9.59 Å². The van der Waals surface area contributed by atoms with E-state index in [1.54, 1.807) is 11.8 Å². The average Bonchev–Trinajstić information content (AvgIpc) is 2.37. The van der Waals surface area contributed by atoms with Gasteiger partial charge in [-0.15, -0.1) is 0 Å². The molecular formula is C15H28N2O3. The molecule has 1 fully saturated rings. The van der Waals surface area contributed by atoms with Crippen molar-refractivity contribution in [2.24, 2.45) is 11.3 Å². The maximum Gasteiger partial charge on any atom is 0.225 e. The minimum atomic E-state index is -0.129. The van der Waals surface area contributed by atoms with Gasteiger partial charge in [-0.2, -0.15) is 0 Å². The maximum absolute atomic E-state index is 12.4. The van der Waals surface area contributed by atoms with Crippen LogP contribution in [0.3, 0.4) is 0 Å². The smallest absolute Gasteiger partial charge is 0.225 e. The SMILES string of the molecule is CC(=O)N1CCCC(C(=O)NC(CCO)C(C)(C)C)C1. The van der Waals surface area contributed by atoms with E-state index in [9.17, 15) is 9.59 Å². The van der Waals surface area contributed by atoms with Crippen molar-refractivity contribution in [2.75, 3.05) is 19.7 Å². The van der Waals surface area contributed by atoms with Crippen LogP contribution in [0.25, 0.3) is 0 Å². The van der Waals surface area contributed by atoms with Crippen molar-refractivity contribution in [1.82, 2.24) is 10.2 Å². The summed E-state index contributed by atoms with van der Waals surface area (Å²) in [7, 11) is 0. The molecule has 2 atom stereocenters. The summed E-state index contributed by atoms with van der Waals surface area (Å²) in [6.45, 7) is 9.02. The third-order valence-electron chi connectivity index (χ3n) is 4.02. The number of nitrogens with zero attached hydrogens (tertiary/aromatic N) is 1. The summed E-state index contributed by atoms with van der Waals surface area (Å²) < 4.78 is 0. The molecule has 0 aromatic rings. The van der Waals surface area contributed by atoms with Gasteiger partial charge in [0.1, 0.15) is 0 Å². The van der Waals surface area contributed by atoms with Crippen molar-refractivity contribution >= 4 is 11.8 Å². The Balaban J connectivity index is 2.62. The number of likely N-dealkylation sites (tertiary alicyclic amines) is 1. The zero-order valence-corrected chi connectivity index (χ0v) is 13.1. The number of aliphatic hydroxyl groups is 1. The average molecular weight is 284 g/mol. The Morgan fingerprint density at radius 3 is 2.55 bits per heavy atom. The van der Waals surface area contributed by atoms with Crippen molar-refractivity contribution in [3.05, 3.63) is 0 Å². The van der Waals surface area contributed by atoms with Crippen LogP contribution in [-0.4, -0.2) is 47.6 Å². The number of nitrogens with one attached hydrogen (secondary N) is 1. The lowest BCUT2D eigenvalue weighted by Gasteiger charge is -2.35. The Morgan fingerprint density at radius 2 is 2.05 bits per heavy atom. The Hall–Kier alpha value is -1.10. The predicted octanol–water partition coefficient (Wildman–Crippen LogP) is 1.16. The number of hydrogen-bond acceptors (Lipinski definition) is 3. The van der Waals surface area contributed by atoms with Crippen LogP contribution in [0.15, 0.2) is 0 Å². The van der Waals surface area contributed by atoms with Crippen LogP contribution in [0, 0.1) is 11.3 Å². The second-order valence-electron chi connectivity index (χ2n) is 6.74. The van der Waals surface area contributed by atoms with Crippen LogP contribution in [0.1, 0.15) is 47.0 Å². The lowest BCUT2D eigenvalue weighted by atomic mass is 9.84. The summed E-state index contributed by atoms with van der Waals surface area (Å²) in [5.74, 6) is -0.0919. The zero-order chi connectivity index (χ0) is 15.3. The fourth-order valence-electron chi connectivity index (χ4n) is 2.62. The van der Waals surface area contributed by atoms with E-state index in [4.69, 9.17) is 5.11 Å². The molecule has 1 heterocycles. The van der Waals surface area contributed by atoms with Crippen LogP contribution < -0.4 is 5.32 Å². The third-order valence-corrected chi connectivity index (χ3v) is 4.02. The van der Waals surface area contributed by atoms with Gasteiger partial charge in [0.2, 0.25) is 11.8 Å². The first-order valence-corrected chi connectivity index (χ1v) is 7.42. The minimum Gasteiger partial charge on any atom is -0.396 e. The van der Waals surface area contributed by atoms with E-state index >= 15 is 0 Å². The number of piperidine rings is 1. The van der Waals surface area contributed by atoms with E-state index in [1.165, 1.54) is 0 Å². The van der Waals surface area contributed by atoms with Crippen molar-refractivity contribution in [2.45, 2.75) is 53.0 Å². The van der Waals surface area contributed by atoms with E-state index in [0.29, 0.717) is 13.0 Å². The van der Waals surface area contributed by atoms with Gasteiger partial charge in [-0.3, -0.25) is 9.59 Å². The maximum atomic E-state index is 12.4.